The topological polar surface area (TPSA) is 85.2 Å². The molecule has 1 fully saturated rings. The standard InChI is InChI=1S/C25H26N6O2/c1-30-16-20(14-27-30)25(32)31-9-7-21(8-10-31)28-22-12-19(13-26-15-22)17-3-5-23-18(11-17)4-6-24(29-23)33-2/h3-6,11-16,21,28H,7-10H2,1-2H3. The van der Waals surface area contributed by atoms with E-state index in [0.717, 1.165) is 53.6 Å². The number of rotatable bonds is 5. The number of anilines is 1. The van der Waals surface area contributed by atoms with Gasteiger partial charge in [0, 0.05) is 61.8 Å². The number of ether oxygens (including phenoxy) is 1. The molecule has 8 nitrogen and oxygen atoms in total. The summed E-state index contributed by atoms with van der Waals surface area (Å²) in [4.78, 5) is 23.5. The Bertz CT molecular complexity index is 1290. The molecule has 0 spiro atoms. The molecule has 0 aliphatic carbocycles. The number of pyridine rings is 2. The maximum absolute atomic E-state index is 12.6. The molecule has 0 atom stereocenters. The third-order valence-electron chi connectivity index (χ3n) is 6.05. The van der Waals surface area contributed by atoms with Crippen LogP contribution in [0.25, 0.3) is 22.0 Å². The summed E-state index contributed by atoms with van der Waals surface area (Å²) in [6.07, 6.45) is 8.90. The normalized spacial score (nSPS) is 14.4. The van der Waals surface area contributed by atoms with E-state index >= 15 is 0 Å². The van der Waals surface area contributed by atoms with Crippen LogP contribution in [-0.2, 0) is 7.05 Å². The molecule has 1 aliphatic heterocycles. The monoisotopic (exact) mass is 442 g/mol. The number of benzene rings is 1. The number of hydrogen-bond donors (Lipinski definition) is 1. The molecule has 0 unspecified atom stereocenters. The van der Waals surface area contributed by atoms with E-state index in [4.69, 9.17) is 4.74 Å². The van der Waals surface area contributed by atoms with Gasteiger partial charge in [0.05, 0.1) is 30.1 Å². The van der Waals surface area contributed by atoms with Crippen molar-refractivity contribution in [3.05, 3.63) is 66.7 Å². The Morgan fingerprint density at radius 2 is 1.91 bits per heavy atom. The lowest BCUT2D eigenvalue weighted by atomic mass is 10.0. The van der Waals surface area contributed by atoms with Gasteiger partial charge in [-0.2, -0.15) is 5.10 Å². The highest BCUT2D eigenvalue weighted by Crippen LogP contribution is 2.27. The first-order chi connectivity index (χ1) is 16.1. The SMILES string of the molecule is COc1ccc2cc(-c3cncc(NC4CCN(C(=O)c5cnn(C)c5)CC4)c3)ccc2n1. The van der Waals surface area contributed by atoms with Crippen molar-refractivity contribution in [1.82, 2.24) is 24.6 Å². The number of carbonyl (C=O) groups is 1. The highest BCUT2D eigenvalue weighted by Gasteiger charge is 2.24. The first-order valence-electron chi connectivity index (χ1n) is 11.0. The quantitative estimate of drug-likeness (QED) is 0.507. The number of aromatic nitrogens is 4. The van der Waals surface area contributed by atoms with Crippen molar-refractivity contribution < 1.29 is 9.53 Å². The highest BCUT2D eigenvalue weighted by atomic mass is 16.5. The van der Waals surface area contributed by atoms with Gasteiger partial charge < -0.3 is 15.0 Å². The minimum absolute atomic E-state index is 0.0497. The molecule has 1 amide bonds. The average molecular weight is 443 g/mol. The molecule has 1 N–H and O–H groups in total. The zero-order chi connectivity index (χ0) is 22.8. The van der Waals surface area contributed by atoms with Crippen LogP contribution in [0.4, 0.5) is 5.69 Å². The Balaban J connectivity index is 1.25. The van der Waals surface area contributed by atoms with Crippen molar-refractivity contribution in [3.63, 3.8) is 0 Å². The second kappa shape index (κ2) is 8.90. The molecule has 4 aromatic rings. The number of carbonyl (C=O) groups excluding carboxylic acids is 1. The summed E-state index contributed by atoms with van der Waals surface area (Å²) in [7, 11) is 3.44. The Morgan fingerprint density at radius 3 is 2.67 bits per heavy atom. The summed E-state index contributed by atoms with van der Waals surface area (Å²) in [5.41, 5.74) is 4.65. The van der Waals surface area contributed by atoms with Crippen LogP contribution in [0.3, 0.4) is 0 Å². The molecule has 168 valence electrons. The van der Waals surface area contributed by atoms with Crippen LogP contribution in [0.1, 0.15) is 23.2 Å². The number of piperidine rings is 1. The summed E-state index contributed by atoms with van der Waals surface area (Å²) >= 11 is 0. The Labute approximate surface area is 192 Å². The van der Waals surface area contributed by atoms with Crippen LogP contribution < -0.4 is 10.1 Å². The number of nitrogens with one attached hydrogen (secondary N) is 1. The number of aryl methyl sites for hydroxylation is 1. The van der Waals surface area contributed by atoms with Gasteiger partial charge in [-0.1, -0.05) is 6.07 Å². The highest BCUT2D eigenvalue weighted by molar-refractivity contribution is 5.93. The number of likely N-dealkylation sites (tertiary alicyclic amines) is 1. The lowest BCUT2D eigenvalue weighted by molar-refractivity contribution is 0.0718. The van der Waals surface area contributed by atoms with Gasteiger partial charge in [0.1, 0.15) is 0 Å². The molecule has 3 aromatic heterocycles. The molecule has 5 rings (SSSR count). The molecule has 8 heteroatoms. The lowest BCUT2D eigenvalue weighted by Gasteiger charge is -2.32. The van der Waals surface area contributed by atoms with Gasteiger partial charge in [0.25, 0.3) is 5.91 Å². The van der Waals surface area contributed by atoms with E-state index in [1.807, 2.05) is 42.5 Å². The van der Waals surface area contributed by atoms with Crippen molar-refractivity contribution in [2.24, 2.45) is 7.05 Å². The number of hydrogen-bond acceptors (Lipinski definition) is 6. The molecule has 0 bridgehead atoms. The Morgan fingerprint density at radius 1 is 1.06 bits per heavy atom. The molecule has 4 heterocycles. The van der Waals surface area contributed by atoms with E-state index in [0.29, 0.717) is 17.5 Å². The number of amides is 1. The van der Waals surface area contributed by atoms with Crippen LogP contribution in [0.15, 0.2) is 61.2 Å². The van der Waals surface area contributed by atoms with E-state index < -0.39 is 0 Å². The maximum atomic E-state index is 12.6. The molecule has 1 aliphatic rings. The largest absolute Gasteiger partial charge is 0.481 e. The van der Waals surface area contributed by atoms with Crippen LogP contribution in [0, 0.1) is 0 Å². The Kier molecular flexibility index (Phi) is 5.64. The zero-order valence-electron chi connectivity index (χ0n) is 18.7. The minimum atomic E-state index is 0.0497. The summed E-state index contributed by atoms with van der Waals surface area (Å²) in [5, 5.41) is 8.76. The molecular weight excluding hydrogens is 416 g/mol. The second-order valence-corrected chi connectivity index (χ2v) is 8.34. The number of nitrogens with zero attached hydrogens (tertiary/aromatic N) is 5. The van der Waals surface area contributed by atoms with Gasteiger partial charge in [0.15, 0.2) is 0 Å². The van der Waals surface area contributed by atoms with Crippen LogP contribution in [0.2, 0.25) is 0 Å². The fraction of sp³-hybridized carbons (Fsp3) is 0.280. The van der Waals surface area contributed by atoms with E-state index in [2.05, 4.69) is 38.6 Å². The zero-order valence-corrected chi connectivity index (χ0v) is 18.7. The first kappa shape index (κ1) is 20.9. The third kappa shape index (κ3) is 4.50. The van der Waals surface area contributed by atoms with Crippen LogP contribution in [0.5, 0.6) is 5.88 Å². The molecule has 33 heavy (non-hydrogen) atoms. The maximum Gasteiger partial charge on any atom is 0.257 e. The summed E-state index contributed by atoms with van der Waals surface area (Å²) in [6, 6.07) is 12.5. The molecule has 0 radical (unpaired) electrons. The summed E-state index contributed by atoms with van der Waals surface area (Å²) in [6.45, 7) is 1.44. The smallest absolute Gasteiger partial charge is 0.257 e. The van der Waals surface area contributed by atoms with Crippen molar-refractivity contribution >= 4 is 22.5 Å². The van der Waals surface area contributed by atoms with E-state index in [1.54, 1.807) is 24.2 Å². The first-order valence-corrected chi connectivity index (χ1v) is 11.0. The lowest BCUT2D eigenvalue weighted by Crippen LogP contribution is -2.42. The molecular formula is C25H26N6O2. The van der Waals surface area contributed by atoms with Gasteiger partial charge >= 0.3 is 0 Å². The summed E-state index contributed by atoms with van der Waals surface area (Å²) in [5.74, 6) is 0.657. The fourth-order valence-corrected chi connectivity index (χ4v) is 4.25. The Hall–Kier alpha value is -3.94. The predicted octanol–water partition coefficient (Wildman–Crippen LogP) is 3.76. The van der Waals surface area contributed by atoms with Gasteiger partial charge in [0.2, 0.25) is 5.88 Å². The molecule has 0 saturated carbocycles. The fourth-order valence-electron chi connectivity index (χ4n) is 4.25. The van der Waals surface area contributed by atoms with Gasteiger partial charge in [-0.15, -0.1) is 0 Å². The predicted molar refractivity (Wildman–Crippen MR) is 127 cm³/mol. The number of methoxy groups -OCH3 is 1. The van der Waals surface area contributed by atoms with Crippen molar-refractivity contribution in [1.29, 1.82) is 0 Å². The minimum Gasteiger partial charge on any atom is -0.481 e. The van der Waals surface area contributed by atoms with Gasteiger partial charge in [-0.25, -0.2) is 4.98 Å². The third-order valence-corrected chi connectivity index (χ3v) is 6.05. The molecule has 1 saturated heterocycles. The van der Waals surface area contributed by atoms with Crippen LogP contribution >= 0.6 is 0 Å². The van der Waals surface area contributed by atoms with E-state index in [1.165, 1.54) is 0 Å². The average Bonchev–Trinajstić information content (AvgIpc) is 3.30. The van der Waals surface area contributed by atoms with Crippen molar-refractivity contribution in [3.8, 4) is 17.0 Å². The summed E-state index contributed by atoms with van der Waals surface area (Å²) < 4.78 is 6.87. The van der Waals surface area contributed by atoms with Crippen molar-refractivity contribution in [2.75, 3.05) is 25.5 Å². The van der Waals surface area contributed by atoms with E-state index in [-0.39, 0.29) is 5.91 Å². The van der Waals surface area contributed by atoms with Gasteiger partial charge in [-0.05, 0) is 42.7 Å². The molecule has 1 aromatic carbocycles. The van der Waals surface area contributed by atoms with Gasteiger partial charge in [-0.3, -0.25) is 14.5 Å². The van der Waals surface area contributed by atoms with Crippen molar-refractivity contribution in [2.45, 2.75) is 18.9 Å². The van der Waals surface area contributed by atoms with Crippen LogP contribution in [-0.4, -0.2) is 56.8 Å². The second-order valence-electron chi connectivity index (χ2n) is 8.34. The number of fused-ring (bicyclic) bond motifs is 1. The van der Waals surface area contributed by atoms with E-state index in [9.17, 15) is 4.79 Å².